The fraction of sp³-hybridized carbons (Fsp3) is 0.538. The number of aliphatic hydroxyl groups excluding tert-OH is 1. The smallest absolute Gasteiger partial charge is 0.0517 e. The molecule has 0 bridgehead atoms. The van der Waals surface area contributed by atoms with Crippen LogP contribution in [0.4, 0.5) is 0 Å². The third-order valence-electron chi connectivity index (χ3n) is 2.97. The van der Waals surface area contributed by atoms with Gasteiger partial charge in [0.1, 0.15) is 0 Å². The van der Waals surface area contributed by atoms with E-state index >= 15 is 0 Å². The Labute approximate surface area is 95.9 Å². The van der Waals surface area contributed by atoms with Gasteiger partial charge in [0, 0.05) is 10.6 Å². The summed E-state index contributed by atoms with van der Waals surface area (Å²) in [6.07, 6.45) is 3.39. The van der Waals surface area contributed by atoms with Gasteiger partial charge in [-0.3, -0.25) is 0 Å². The second-order valence-corrected chi connectivity index (χ2v) is 5.70. The Morgan fingerprint density at radius 2 is 2.00 bits per heavy atom. The van der Waals surface area contributed by atoms with Gasteiger partial charge in [-0.15, -0.1) is 11.8 Å². The van der Waals surface area contributed by atoms with Crippen molar-refractivity contribution in [2.75, 3.05) is 5.75 Å². The number of thioether (sulfide) groups is 1. The molecule has 1 aromatic rings. The maximum atomic E-state index is 9.42. The van der Waals surface area contributed by atoms with Crippen LogP contribution in [0.15, 0.2) is 35.2 Å². The van der Waals surface area contributed by atoms with Crippen LogP contribution in [0.5, 0.6) is 0 Å². The maximum absolute atomic E-state index is 9.42. The van der Waals surface area contributed by atoms with Crippen molar-refractivity contribution in [1.29, 1.82) is 0 Å². The van der Waals surface area contributed by atoms with E-state index in [0.29, 0.717) is 5.41 Å². The van der Waals surface area contributed by atoms with Crippen LogP contribution in [0.25, 0.3) is 0 Å². The number of aliphatic hydroxyl groups is 1. The van der Waals surface area contributed by atoms with Gasteiger partial charge in [0.05, 0.1) is 6.10 Å². The van der Waals surface area contributed by atoms with Crippen molar-refractivity contribution in [3.05, 3.63) is 30.3 Å². The van der Waals surface area contributed by atoms with Crippen LogP contribution in [-0.2, 0) is 0 Å². The fourth-order valence-electron chi connectivity index (χ4n) is 1.96. The molecule has 2 heteroatoms. The Morgan fingerprint density at radius 3 is 2.53 bits per heavy atom. The largest absolute Gasteiger partial charge is 0.393 e. The summed E-state index contributed by atoms with van der Waals surface area (Å²) in [7, 11) is 0. The molecule has 1 aromatic carbocycles. The lowest BCUT2D eigenvalue weighted by molar-refractivity contribution is 0.160. The maximum Gasteiger partial charge on any atom is 0.0517 e. The lowest BCUT2D eigenvalue weighted by atomic mass is 10.0. The second-order valence-electron chi connectivity index (χ2n) is 4.65. The van der Waals surface area contributed by atoms with Crippen molar-refractivity contribution in [2.45, 2.75) is 37.2 Å². The predicted molar refractivity (Wildman–Crippen MR) is 65.1 cm³/mol. The summed E-state index contributed by atoms with van der Waals surface area (Å²) in [6, 6.07) is 10.5. The molecule has 0 radical (unpaired) electrons. The fourth-order valence-corrected chi connectivity index (χ4v) is 3.19. The molecule has 15 heavy (non-hydrogen) atoms. The summed E-state index contributed by atoms with van der Waals surface area (Å²) in [6.45, 7) is 1.90. The van der Waals surface area contributed by atoms with E-state index in [-0.39, 0.29) is 6.10 Å². The molecule has 1 unspecified atom stereocenters. The summed E-state index contributed by atoms with van der Waals surface area (Å²) < 4.78 is 0. The average Bonchev–Trinajstić information content (AvgIpc) is 2.96. The van der Waals surface area contributed by atoms with Crippen molar-refractivity contribution < 1.29 is 5.11 Å². The molecule has 82 valence electrons. The summed E-state index contributed by atoms with van der Waals surface area (Å²) in [5.41, 5.74) is 0.439. The Kier molecular flexibility index (Phi) is 3.37. The highest BCUT2D eigenvalue weighted by molar-refractivity contribution is 7.99. The van der Waals surface area contributed by atoms with Gasteiger partial charge in [0.2, 0.25) is 0 Å². The van der Waals surface area contributed by atoms with Gasteiger partial charge in [-0.1, -0.05) is 18.2 Å². The van der Waals surface area contributed by atoms with Crippen LogP contribution in [0.1, 0.15) is 26.2 Å². The van der Waals surface area contributed by atoms with Crippen molar-refractivity contribution >= 4 is 11.8 Å². The van der Waals surface area contributed by atoms with Gasteiger partial charge >= 0.3 is 0 Å². The molecule has 0 saturated heterocycles. The zero-order valence-corrected chi connectivity index (χ0v) is 9.96. The summed E-state index contributed by atoms with van der Waals surface area (Å²) >= 11 is 1.92. The Bertz CT molecular complexity index is 304. The number of benzene rings is 1. The van der Waals surface area contributed by atoms with E-state index in [2.05, 4.69) is 24.3 Å². The van der Waals surface area contributed by atoms with E-state index in [9.17, 15) is 5.11 Å². The van der Waals surface area contributed by atoms with E-state index in [4.69, 9.17) is 0 Å². The molecule has 0 amide bonds. The van der Waals surface area contributed by atoms with Crippen LogP contribution in [0.2, 0.25) is 0 Å². The van der Waals surface area contributed by atoms with Gasteiger partial charge in [0.25, 0.3) is 0 Å². The number of hydrogen-bond acceptors (Lipinski definition) is 2. The standard InChI is InChI=1S/C13H18OS/c1-11(14)9-13(7-8-13)10-15-12-5-3-2-4-6-12/h2-6,11,14H,7-10H2,1H3. The SMILES string of the molecule is CC(O)CC1(CSc2ccccc2)CC1. The molecule has 0 aromatic heterocycles. The highest BCUT2D eigenvalue weighted by Gasteiger charge is 2.42. The van der Waals surface area contributed by atoms with Crippen molar-refractivity contribution in [3.8, 4) is 0 Å². The number of rotatable bonds is 5. The first-order valence-corrected chi connectivity index (χ1v) is 6.55. The molecule has 0 aliphatic heterocycles. The third-order valence-corrected chi connectivity index (χ3v) is 4.34. The molecule has 1 saturated carbocycles. The minimum absolute atomic E-state index is 0.149. The van der Waals surface area contributed by atoms with Crippen molar-refractivity contribution in [2.24, 2.45) is 5.41 Å². The topological polar surface area (TPSA) is 20.2 Å². The molecule has 1 aliphatic carbocycles. The quantitative estimate of drug-likeness (QED) is 0.771. The van der Waals surface area contributed by atoms with Crippen LogP contribution in [0, 0.1) is 5.41 Å². The summed E-state index contributed by atoms with van der Waals surface area (Å²) in [5, 5.41) is 9.42. The van der Waals surface area contributed by atoms with Gasteiger partial charge in [-0.25, -0.2) is 0 Å². The van der Waals surface area contributed by atoms with Crippen LogP contribution < -0.4 is 0 Å². The molecule has 1 atom stereocenters. The third kappa shape index (κ3) is 3.25. The molecule has 0 spiro atoms. The first-order chi connectivity index (χ1) is 7.20. The zero-order chi connectivity index (χ0) is 10.7. The lowest BCUT2D eigenvalue weighted by Crippen LogP contribution is -2.13. The van der Waals surface area contributed by atoms with Gasteiger partial charge in [-0.2, -0.15) is 0 Å². The molecule has 1 N–H and O–H groups in total. The Hall–Kier alpha value is -0.470. The van der Waals surface area contributed by atoms with Gasteiger partial charge in [-0.05, 0) is 43.7 Å². The zero-order valence-electron chi connectivity index (χ0n) is 9.15. The first-order valence-electron chi connectivity index (χ1n) is 5.56. The Balaban J connectivity index is 1.83. The van der Waals surface area contributed by atoms with Crippen molar-refractivity contribution in [3.63, 3.8) is 0 Å². The summed E-state index contributed by atoms with van der Waals surface area (Å²) in [4.78, 5) is 1.34. The molecule has 2 rings (SSSR count). The first kappa shape index (κ1) is 11.0. The normalized spacial score (nSPS) is 19.9. The van der Waals surface area contributed by atoms with Gasteiger partial charge < -0.3 is 5.11 Å². The van der Waals surface area contributed by atoms with Crippen LogP contribution >= 0.6 is 11.8 Å². The summed E-state index contributed by atoms with van der Waals surface area (Å²) in [5.74, 6) is 1.15. The second kappa shape index (κ2) is 4.58. The lowest BCUT2D eigenvalue weighted by Gasteiger charge is -2.16. The predicted octanol–water partition coefficient (Wildman–Crippen LogP) is 3.33. The van der Waals surface area contributed by atoms with E-state index in [1.165, 1.54) is 17.7 Å². The van der Waals surface area contributed by atoms with Crippen LogP contribution in [-0.4, -0.2) is 17.0 Å². The number of hydrogen-bond donors (Lipinski definition) is 1. The van der Waals surface area contributed by atoms with E-state index in [0.717, 1.165) is 12.2 Å². The van der Waals surface area contributed by atoms with E-state index < -0.39 is 0 Å². The van der Waals surface area contributed by atoms with Crippen molar-refractivity contribution in [1.82, 2.24) is 0 Å². The Morgan fingerprint density at radius 1 is 1.33 bits per heavy atom. The van der Waals surface area contributed by atoms with E-state index in [1.54, 1.807) is 0 Å². The van der Waals surface area contributed by atoms with E-state index in [1.807, 2.05) is 24.8 Å². The minimum Gasteiger partial charge on any atom is -0.393 e. The molecular formula is C13H18OS. The highest BCUT2D eigenvalue weighted by Crippen LogP contribution is 2.52. The molecule has 1 nitrogen and oxygen atoms in total. The minimum atomic E-state index is -0.149. The average molecular weight is 222 g/mol. The molecule has 0 heterocycles. The highest BCUT2D eigenvalue weighted by atomic mass is 32.2. The monoisotopic (exact) mass is 222 g/mol. The molecular weight excluding hydrogens is 204 g/mol. The van der Waals surface area contributed by atoms with Crippen LogP contribution in [0.3, 0.4) is 0 Å². The van der Waals surface area contributed by atoms with Gasteiger partial charge in [0.15, 0.2) is 0 Å². The molecule has 1 fully saturated rings. The molecule has 1 aliphatic rings.